The summed E-state index contributed by atoms with van der Waals surface area (Å²) in [5.74, 6) is 0.0123. The quantitative estimate of drug-likeness (QED) is 0.279. The number of nitrogens with one attached hydrogen (secondary N) is 3. The molecule has 3 rings (SSSR count). The maximum atomic E-state index is 12.9. The summed E-state index contributed by atoms with van der Waals surface area (Å²) in [5, 5.41) is 5.63. The van der Waals surface area contributed by atoms with Gasteiger partial charge in [0.2, 0.25) is 10.0 Å². The van der Waals surface area contributed by atoms with E-state index in [4.69, 9.17) is 17.0 Å². The Kier molecular flexibility index (Phi) is 10.0. The van der Waals surface area contributed by atoms with Crippen LogP contribution in [0.25, 0.3) is 0 Å². The molecule has 0 saturated carbocycles. The monoisotopic (exact) mass is 589 g/mol. The van der Waals surface area contributed by atoms with E-state index in [1.807, 2.05) is 37.3 Å². The molecule has 0 radical (unpaired) electrons. The van der Waals surface area contributed by atoms with E-state index in [9.17, 15) is 13.2 Å². The molecule has 3 N–H and O–H groups in total. The molecule has 0 heterocycles. The van der Waals surface area contributed by atoms with Gasteiger partial charge in [-0.2, -0.15) is 0 Å². The summed E-state index contributed by atoms with van der Waals surface area (Å²) in [5.41, 5.74) is 2.01. The second kappa shape index (κ2) is 13.0. The van der Waals surface area contributed by atoms with E-state index >= 15 is 0 Å². The smallest absolute Gasteiger partial charge is 0.261 e. The first-order valence-electron chi connectivity index (χ1n) is 11.4. The molecule has 1 unspecified atom stereocenters. The Morgan fingerprint density at radius 1 is 1.06 bits per heavy atom. The zero-order valence-corrected chi connectivity index (χ0v) is 23.2. The molecule has 10 heteroatoms. The van der Waals surface area contributed by atoms with E-state index in [2.05, 4.69) is 31.3 Å². The van der Waals surface area contributed by atoms with Crippen LogP contribution in [0.3, 0.4) is 0 Å². The lowest BCUT2D eigenvalue weighted by Gasteiger charge is -2.14. The zero-order valence-electron chi connectivity index (χ0n) is 20.0. The van der Waals surface area contributed by atoms with E-state index in [1.165, 1.54) is 12.1 Å². The SMILES string of the molecule is CCC(C)NS(=O)(=O)c1ccc(NC(=S)NC(=O)c2cc(Br)ccc2OCCc2ccccc2)cc1. The lowest BCUT2D eigenvalue weighted by atomic mass is 10.1. The van der Waals surface area contributed by atoms with Gasteiger partial charge in [-0.25, -0.2) is 13.1 Å². The fourth-order valence-corrected chi connectivity index (χ4v) is 5.09. The van der Waals surface area contributed by atoms with Crippen molar-refractivity contribution in [2.24, 2.45) is 0 Å². The molecular weight excluding hydrogens is 562 g/mol. The molecule has 0 saturated heterocycles. The van der Waals surface area contributed by atoms with Gasteiger partial charge >= 0.3 is 0 Å². The van der Waals surface area contributed by atoms with Crippen molar-refractivity contribution in [2.75, 3.05) is 11.9 Å². The number of ether oxygens (including phenoxy) is 1. The van der Waals surface area contributed by atoms with Crippen LogP contribution in [0.15, 0.2) is 82.2 Å². The first-order chi connectivity index (χ1) is 17.2. The minimum absolute atomic E-state index is 0.0727. The Morgan fingerprint density at radius 2 is 1.75 bits per heavy atom. The van der Waals surface area contributed by atoms with Crippen LogP contribution < -0.4 is 20.1 Å². The summed E-state index contributed by atoms with van der Waals surface area (Å²) in [4.78, 5) is 13.1. The van der Waals surface area contributed by atoms with E-state index in [0.717, 1.165) is 10.0 Å². The van der Waals surface area contributed by atoms with Crippen molar-refractivity contribution in [2.45, 2.75) is 37.6 Å². The highest BCUT2D eigenvalue weighted by molar-refractivity contribution is 9.10. The number of anilines is 1. The first kappa shape index (κ1) is 27.8. The number of carbonyl (C=O) groups is 1. The number of rotatable bonds is 10. The Morgan fingerprint density at radius 3 is 2.42 bits per heavy atom. The van der Waals surface area contributed by atoms with E-state index in [1.54, 1.807) is 37.3 Å². The van der Waals surface area contributed by atoms with Crippen LogP contribution in [-0.4, -0.2) is 32.1 Å². The lowest BCUT2D eigenvalue weighted by Crippen LogP contribution is -2.34. The van der Waals surface area contributed by atoms with Gasteiger partial charge in [0, 0.05) is 22.6 Å². The molecule has 0 bridgehead atoms. The molecule has 190 valence electrons. The molecule has 1 amide bonds. The first-order valence-corrected chi connectivity index (χ1v) is 14.1. The second-order valence-electron chi connectivity index (χ2n) is 8.09. The Bertz CT molecular complexity index is 1300. The fraction of sp³-hybridized carbons (Fsp3) is 0.231. The molecule has 0 aromatic heterocycles. The van der Waals surface area contributed by atoms with Gasteiger partial charge in [0.05, 0.1) is 17.1 Å². The summed E-state index contributed by atoms with van der Waals surface area (Å²) >= 11 is 8.69. The molecular formula is C26H28BrN3O4S2. The fourth-order valence-electron chi connectivity index (χ4n) is 3.20. The van der Waals surface area contributed by atoms with Crippen molar-refractivity contribution in [1.82, 2.24) is 10.0 Å². The van der Waals surface area contributed by atoms with Gasteiger partial charge in [-0.3, -0.25) is 10.1 Å². The predicted molar refractivity (Wildman–Crippen MR) is 150 cm³/mol. The summed E-state index contributed by atoms with van der Waals surface area (Å²) in [7, 11) is -3.61. The van der Waals surface area contributed by atoms with E-state index in [-0.39, 0.29) is 16.0 Å². The number of hydrogen-bond acceptors (Lipinski definition) is 5. The number of sulfonamides is 1. The third kappa shape index (κ3) is 8.12. The van der Waals surface area contributed by atoms with Crippen molar-refractivity contribution in [1.29, 1.82) is 0 Å². The summed E-state index contributed by atoms with van der Waals surface area (Å²) < 4.78 is 34.1. The molecule has 3 aromatic rings. The van der Waals surface area contributed by atoms with Crippen LogP contribution >= 0.6 is 28.1 Å². The molecule has 0 aliphatic heterocycles. The average Bonchev–Trinajstić information content (AvgIpc) is 2.85. The van der Waals surface area contributed by atoms with Crippen LogP contribution in [0.5, 0.6) is 5.75 Å². The van der Waals surface area contributed by atoms with Crippen molar-refractivity contribution >= 4 is 54.9 Å². The Hall–Kier alpha value is -2.79. The summed E-state index contributed by atoms with van der Waals surface area (Å²) in [6, 6.07) is 21.1. The van der Waals surface area contributed by atoms with Crippen molar-refractivity contribution in [3.05, 3.63) is 88.4 Å². The second-order valence-corrected chi connectivity index (χ2v) is 11.1. The third-order valence-electron chi connectivity index (χ3n) is 5.30. The van der Waals surface area contributed by atoms with Gasteiger partial charge in [0.15, 0.2) is 5.11 Å². The van der Waals surface area contributed by atoms with Gasteiger partial charge in [0.1, 0.15) is 5.75 Å². The normalized spacial score (nSPS) is 12.0. The van der Waals surface area contributed by atoms with Gasteiger partial charge in [0.25, 0.3) is 5.91 Å². The predicted octanol–water partition coefficient (Wildman–Crippen LogP) is 5.27. The topological polar surface area (TPSA) is 96.5 Å². The minimum Gasteiger partial charge on any atom is -0.492 e. The van der Waals surface area contributed by atoms with Crippen LogP contribution in [0.2, 0.25) is 0 Å². The highest BCUT2D eigenvalue weighted by atomic mass is 79.9. The van der Waals surface area contributed by atoms with Gasteiger partial charge < -0.3 is 10.1 Å². The molecule has 3 aromatic carbocycles. The third-order valence-corrected chi connectivity index (χ3v) is 7.60. The molecule has 0 aliphatic carbocycles. The number of benzene rings is 3. The maximum Gasteiger partial charge on any atom is 0.261 e. The Labute approximate surface area is 225 Å². The highest BCUT2D eigenvalue weighted by Crippen LogP contribution is 2.24. The van der Waals surface area contributed by atoms with Crippen molar-refractivity contribution in [3.8, 4) is 5.75 Å². The number of hydrogen-bond donors (Lipinski definition) is 3. The van der Waals surface area contributed by atoms with Crippen LogP contribution in [0.4, 0.5) is 5.69 Å². The average molecular weight is 591 g/mol. The highest BCUT2D eigenvalue weighted by Gasteiger charge is 2.17. The zero-order chi connectivity index (χ0) is 26.1. The van der Waals surface area contributed by atoms with E-state index < -0.39 is 15.9 Å². The van der Waals surface area contributed by atoms with Crippen molar-refractivity contribution in [3.63, 3.8) is 0 Å². The summed E-state index contributed by atoms with van der Waals surface area (Å²) in [6.07, 6.45) is 1.39. The molecule has 0 spiro atoms. The van der Waals surface area contributed by atoms with Gasteiger partial charge in [-0.05, 0) is 73.6 Å². The van der Waals surface area contributed by atoms with Crippen LogP contribution in [-0.2, 0) is 16.4 Å². The van der Waals surface area contributed by atoms with Crippen molar-refractivity contribution < 1.29 is 17.9 Å². The standard InChI is InChI=1S/C26H28BrN3O4S2/c1-3-18(2)30-36(32,33)22-12-10-21(11-13-22)28-26(35)29-25(31)23-17-20(27)9-14-24(23)34-16-15-19-7-5-4-6-8-19/h4-14,17-18,30H,3,15-16H2,1-2H3,(H2,28,29,31,35). The van der Waals surface area contributed by atoms with Crippen LogP contribution in [0, 0.1) is 0 Å². The Balaban J connectivity index is 1.61. The number of thiocarbonyl (C=S) groups is 1. The van der Waals surface area contributed by atoms with Gasteiger partial charge in [-0.15, -0.1) is 0 Å². The molecule has 1 atom stereocenters. The molecule has 7 nitrogen and oxygen atoms in total. The molecule has 0 aliphatic rings. The number of amides is 1. The largest absolute Gasteiger partial charge is 0.492 e. The number of carbonyl (C=O) groups excluding carboxylic acids is 1. The molecule has 0 fully saturated rings. The van der Waals surface area contributed by atoms with E-state index in [0.29, 0.717) is 36.4 Å². The minimum atomic E-state index is -3.61. The van der Waals surface area contributed by atoms with Crippen LogP contribution in [0.1, 0.15) is 36.2 Å². The lowest BCUT2D eigenvalue weighted by molar-refractivity contribution is 0.0973. The summed E-state index contributed by atoms with van der Waals surface area (Å²) in [6.45, 7) is 4.12. The number of halogens is 1. The molecule has 36 heavy (non-hydrogen) atoms. The van der Waals surface area contributed by atoms with Gasteiger partial charge in [-0.1, -0.05) is 53.2 Å². The maximum absolute atomic E-state index is 12.9.